The molecule has 0 bridgehead atoms. The first kappa shape index (κ1) is 13.8. The van der Waals surface area contributed by atoms with Gasteiger partial charge in [0.15, 0.2) is 0 Å². The molecule has 104 valence electrons. The molecule has 0 spiro atoms. The molecule has 0 aromatic rings. The summed E-state index contributed by atoms with van der Waals surface area (Å²) in [4.78, 5) is 14.4. The van der Waals surface area contributed by atoms with Gasteiger partial charge in [0.05, 0.1) is 0 Å². The first-order chi connectivity index (χ1) is 8.74. The van der Waals surface area contributed by atoms with Gasteiger partial charge in [-0.25, -0.2) is 0 Å². The second kappa shape index (κ2) is 7.10. The Kier molecular flexibility index (Phi) is 5.45. The summed E-state index contributed by atoms with van der Waals surface area (Å²) in [6.07, 6.45) is 6.93. The molecule has 2 aliphatic heterocycles. The summed E-state index contributed by atoms with van der Waals surface area (Å²) in [5, 5.41) is 6.56. The van der Waals surface area contributed by atoms with Crippen LogP contribution >= 0.6 is 0 Å². The van der Waals surface area contributed by atoms with Gasteiger partial charge in [-0.05, 0) is 52.2 Å². The Hall–Kier alpha value is -0.610. The van der Waals surface area contributed by atoms with Gasteiger partial charge in [-0.1, -0.05) is 6.42 Å². The Morgan fingerprint density at radius 2 is 2.11 bits per heavy atom. The van der Waals surface area contributed by atoms with E-state index < -0.39 is 0 Å². The topological polar surface area (TPSA) is 44.4 Å². The van der Waals surface area contributed by atoms with Crippen molar-refractivity contribution < 1.29 is 4.79 Å². The van der Waals surface area contributed by atoms with E-state index in [1.54, 1.807) is 0 Å². The monoisotopic (exact) mass is 253 g/mol. The number of hydrogen-bond acceptors (Lipinski definition) is 3. The van der Waals surface area contributed by atoms with Crippen LogP contribution < -0.4 is 10.6 Å². The average molecular weight is 253 g/mol. The maximum atomic E-state index is 11.9. The van der Waals surface area contributed by atoms with E-state index in [9.17, 15) is 4.79 Å². The second-order valence-electron chi connectivity index (χ2n) is 5.83. The quantitative estimate of drug-likeness (QED) is 0.772. The summed E-state index contributed by atoms with van der Waals surface area (Å²) >= 11 is 0. The van der Waals surface area contributed by atoms with E-state index in [2.05, 4.69) is 22.5 Å². The number of amides is 1. The van der Waals surface area contributed by atoms with E-state index in [1.807, 2.05) is 0 Å². The summed E-state index contributed by atoms with van der Waals surface area (Å²) < 4.78 is 0. The van der Waals surface area contributed by atoms with Gasteiger partial charge in [0, 0.05) is 25.0 Å². The molecular formula is C14H27N3O. The fourth-order valence-electron chi connectivity index (χ4n) is 3.05. The summed E-state index contributed by atoms with van der Waals surface area (Å²) in [7, 11) is 0. The number of carbonyl (C=O) groups is 1. The molecule has 0 saturated carbocycles. The van der Waals surface area contributed by atoms with Gasteiger partial charge < -0.3 is 15.5 Å². The summed E-state index contributed by atoms with van der Waals surface area (Å²) in [6, 6.07) is 0.678. The van der Waals surface area contributed by atoms with Crippen molar-refractivity contribution in [1.29, 1.82) is 0 Å². The van der Waals surface area contributed by atoms with E-state index >= 15 is 0 Å². The first-order valence-corrected chi connectivity index (χ1v) is 7.49. The molecule has 2 heterocycles. The number of nitrogens with one attached hydrogen (secondary N) is 2. The smallest absolute Gasteiger partial charge is 0.221 e. The van der Waals surface area contributed by atoms with E-state index in [1.165, 1.54) is 38.8 Å². The van der Waals surface area contributed by atoms with E-state index in [0.29, 0.717) is 12.5 Å². The lowest BCUT2D eigenvalue weighted by Crippen LogP contribution is -2.44. The summed E-state index contributed by atoms with van der Waals surface area (Å²) in [5.74, 6) is 0.209. The van der Waals surface area contributed by atoms with Gasteiger partial charge in [0.2, 0.25) is 5.91 Å². The molecule has 2 atom stereocenters. The van der Waals surface area contributed by atoms with Crippen molar-refractivity contribution in [2.45, 2.75) is 57.5 Å². The molecule has 0 aliphatic carbocycles. The Morgan fingerprint density at radius 3 is 2.78 bits per heavy atom. The molecular weight excluding hydrogens is 226 g/mol. The highest BCUT2D eigenvalue weighted by atomic mass is 16.1. The highest BCUT2D eigenvalue weighted by Crippen LogP contribution is 2.10. The highest BCUT2D eigenvalue weighted by molar-refractivity contribution is 5.76. The van der Waals surface area contributed by atoms with Crippen molar-refractivity contribution in [2.75, 3.05) is 26.2 Å². The van der Waals surface area contributed by atoms with E-state index in [0.717, 1.165) is 19.5 Å². The van der Waals surface area contributed by atoms with Crippen molar-refractivity contribution in [3.05, 3.63) is 0 Å². The van der Waals surface area contributed by atoms with Crippen molar-refractivity contribution in [3.63, 3.8) is 0 Å². The third kappa shape index (κ3) is 4.58. The number of rotatable bonds is 5. The van der Waals surface area contributed by atoms with Crippen LogP contribution in [-0.2, 0) is 4.79 Å². The van der Waals surface area contributed by atoms with Gasteiger partial charge in [0.25, 0.3) is 0 Å². The lowest BCUT2D eigenvalue weighted by Gasteiger charge is -2.25. The minimum absolute atomic E-state index is 0.209. The molecule has 2 N–H and O–H groups in total. The predicted octanol–water partition coefficient (Wildman–Crippen LogP) is 1.12. The van der Waals surface area contributed by atoms with Gasteiger partial charge in [-0.2, -0.15) is 0 Å². The zero-order valence-corrected chi connectivity index (χ0v) is 11.6. The summed E-state index contributed by atoms with van der Waals surface area (Å²) in [5.41, 5.74) is 0. The lowest BCUT2D eigenvalue weighted by atomic mass is 10.0. The van der Waals surface area contributed by atoms with Crippen LogP contribution in [0.1, 0.15) is 45.4 Å². The zero-order chi connectivity index (χ0) is 12.8. The Bertz CT molecular complexity index is 258. The van der Waals surface area contributed by atoms with Gasteiger partial charge in [-0.3, -0.25) is 4.79 Å². The molecule has 2 saturated heterocycles. The molecule has 18 heavy (non-hydrogen) atoms. The van der Waals surface area contributed by atoms with Crippen LogP contribution in [0.15, 0.2) is 0 Å². The zero-order valence-electron chi connectivity index (χ0n) is 11.6. The third-order valence-corrected chi connectivity index (χ3v) is 3.98. The minimum atomic E-state index is 0.209. The number of likely N-dealkylation sites (tertiary alicyclic amines) is 1. The van der Waals surface area contributed by atoms with Crippen molar-refractivity contribution in [3.8, 4) is 0 Å². The SMILES string of the molecule is CC(CN1CCCC1)NC(=O)CC1CCCCN1. The molecule has 1 amide bonds. The average Bonchev–Trinajstić information content (AvgIpc) is 2.82. The maximum absolute atomic E-state index is 11.9. The fourth-order valence-corrected chi connectivity index (χ4v) is 3.05. The molecule has 0 aromatic heterocycles. The molecule has 0 radical (unpaired) electrons. The molecule has 4 heteroatoms. The third-order valence-electron chi connectivity index (χ3n) is 3.98. The lowest BCUT2D eigenvalue weighted by molar-refractivity contribution is -0.122. The number of hydrogen-bond donors (Lipinski definition) is 2. The van der Waals surface area contributed by atoms with Crippen molar-refractivity contribution >= 4 is 5.91 Å². The predicted molar refractivity (Wildman–Crippen MR) is 73.5 cm³/mol. The Balaban J connectivity index is 1.62. The van der Waals surface area contributed by atoms with Crippen LogP contribution in [0.25, 0.3) is 0 Å². The first-order valence-electron chi connectivity index (χ1n) is 7.49. The van der Waals surface area contributed by atoms with Crippen molar-refractivity contribution in [2.24, 2.45) is 0 Å². The molecule has 2 rings (SSSR count). The normalized spacial score (nSPS) is 27.1. The number of carbonyl (C=O) groups excluding carboxylic acids is 1. The van der Waals surface area contributed by atoms with E-state index in [4.69, 9.17) is 0 Å². The van der Waals surface area contributed by atoms with Gasteiger partial charge >= 0.3 is 0 Å². The summed E-state index contributed by atoms with van der Waals surface area (Å²) in [6.45, 7) is 6.59. The standard InChI is InChI=1S/C14H27N3O/c1-12(11-17-8-4-5-9-17)16-14(18)10-13-6-2-3-7-15-13/h12-13,15H,2-11H2,1H3,(H,16,18). The Morgan fingerprint density at radius 1 is 1.33 bits per heavy atom. The number of nitrogens with zero attached hydrogens (tertiary/aromatic N) is 1. The minimum Gasteiger partial charge on any atom is -0.352 e. The number of piperidine rings is 1. The van der Waals surface area contributed by atoms with Crippen LogP contribution in [0.2, 0.25) is 0 Å². The van der Waals surface area contributed by atoms with Crippen LogP contribution in [-0.4, -0.2) is 49.1 Å². The molecule has 0 aromatic carbocycles. The van der Waals surface area contributed by atoms with Crippen LogP contribution in [0.3, 0.4) is 0 Å². The van der Waals surface area contributed by atoms with Crippen LogP contribution in [0, 0.1) is 0 Å². The highest BCUT2D eigenvalue weighted by Gasteiger charge is 2.19. The molecule has 4 nitrogen and oxygen atoms in total. The maximum Gasteiger partial charge on any atom is 0.221 e. The largest absolute Gasteiger partial charge is 0.352 e. The Labute approximate surface area is 110 Å². The van der Waals surface area contributed by atoms with Crippen molar-refractivity contribution in [1.82, 2.24) is 15.5 Å². The molecule has 2 unspecified atom stereocenters. The van der Waals surface area contributed by atoms with Crippen LogP contribution in [0.5, 0.6) is 0 Å². The van der Waals surface area contributed by atoms with Gasteiger partial charge in [0.1, 0.15) is 0 Å². The fraction of sp³-hybridized carbons (Fsp3) is 0.929. The van der Waals surface area contributed by atoms with E-state index in [-0.39, 0.29) is 11.9 Å². The second-order valence-corrected chi connectivity index (χ2v) is 5.83. The molecule has 2 fully saturated rings. The van der Waals surface area contributed by atoms with Crippen LogP contribution in [0.4, 0.5) is 0 Å². The van der Waals surface area contributed by atoms with Gasteiger partial charge in [-0.15, -0.1) is 0 Å². The molecule has 2 aliphatic rings.